The van der Waals surface area contributed by atoms with Crippen LogP contribution in [-0.4, -0.2) is 19.6 Å². The summed E-state index contributed by atoms with van der Waals surface area (Å²) in [5.41, 5.74) is 1.39. The zero-order valence-corrected chi connectivity index (χ0v) is 14.3. The molecule has 1 amide bonds. The van der Waals surface area contributed by atoms with Crippen LogP contribution >= 0.6 is 11.6 Å². The number of nitrogens with one attached hydrogen (secondary N) is 1. The third-order valence-electron chi connectivity index (χ3n) is 3.38. The summed E-state index contributed by atoms with van der Waals surface area (Å²) in [5, 5.41) is 3.36. The molecule has 0 atom stereocenters. The Morgan fingerprint density at radius 1 is 1.21 bits per heavy atom. The fraction of sp³-hybridized carbons (Fsp3) is 0.278. The predicted octanol–water partition coefficient (Wildman–Crippen LogP) is 4.59. The first-order chi connectivity index (χ1) is 11.5. The van der Waals surface area contributed by atoms with E-state index in [2.05, 4.69) is 5.32 Å². The van der Waals surface area contributed by atoms with Crippen LogP contribution in [0, 0.1) is 12.7 Å². The zero-order valence-electron chi connectivity index (χ0n) is 13.6. The highest BCUT2D eigenvalue weighted by Crippen LogP contribution is 2.25. The number of carbonyl (C=O) groups excluding carboxylic acids is 1. The van der Waals surface area contributed by atoms with E-state index in [1.807, 2.05) is 13.0 Å². The Morgan fingerprint density at radius 2 is 2.00 bits per heavy atom. The van der Waals surface area contributed by atoms with Crippen LogP contribution in [0.5, 0.6) is 11.5 Å². The molecule has 2 aromatic rings. The number of carbonyl (C=O) groups is 1. The van der Waals surface area contributed by atoms with Gasteiger partial charge < -0.3 is 14.8 Å². The van der Waals surface area contributed by atoms with Crippen molar-refractivity contribution in [3.05, 3.63) is 52.8 Å². The fourth-order valence-electron chi connectivity index (χ4n) is 2.17. The molecule has 0 aliphatic carbocycles. The van der Waals surface area contributed by atoms with E-state index in [1.165, 1.54) is 25.3 Å². The molecule has 0 aromatic heterocycles. The summed E-state index contributed by atoms with van der Waals surface area (Å²) in [6.45, 7) is 2.32. The van der Waals surface area contributed by atoms with Gasteiger partial charge in [-0.1, -0.05) is 11.6 Å². The Kier molecular flexibility index (Phi) is 6.44. The van der Waals surface area contributed by atoms with Crippen molar-refractivity contribution in [1.29, 1.82) is 0 Å². The van der Waals surface area contributed by atoms with Crippen LogP contribution in [0.4, 0.5) is 10.1 Å². The van der Waals surface area contributed by atoms with Gasteiger partial charge in [-0.25, -0.2) is 4.39 Å². The molecule has 0 aliphatic rings. The van der Waals surface area contributed by atoms with Gasteiger partial charge in [-0.2, -0.15) is 0 Å². The molecule has 0 fully saturated rings. The highest BCUT2D eigenvalue weighted by atomic mass is 35.5. The van der Waals surface area contributed by atoms with Crippen molar-refractivity contribution in [1.82, 2.24) is 0 Å². The molecule has 128 valence electrons. The zero-order chi connectivity index (χ0) is 17.5. The molecule has 2 rings (SSSR count). The fourth-order valence-corrected chi connectivity index (χ4v) is 2.40. The summed E-state index contributed by atoms with van der Waals surface area (Å²) >= 11 is 5.89. The van der Waals surface area contributed by atoms with Gasteiger partial charge in [0.1, 0.15) is 17.3 Å². The van der Waals surface area contributed by atoms with Crippen LogP contribution in [0.15, 0.2) is 36.4 Å². The van der Waals surface area contributed by atoms with Crippen molar-refractivity contribution in [3.8, 4) is 11.5 Å². The number of amides is 1. The van der Waals surface area contributed by atoms with E-state index >= 15 is 0 Å². The minimum Gasteiger partial charge on any atom is -0.494 e. The SMILES string of the molecule is COc1cc(F)ccc1NC(=O)CCCOc1ccc(Cl)cc1C. The highest BCUT2D eigenvalue weighted by Gasteiger charge is 2.09. The second kappa shape index (κ2) is 8.55. The second-order valence-electron chi connectivity index (χ2n) is 5.25. The number of anilines is 1. The molecule has 0 saturated heterocycles. The summed E-state index contributed by atoms with van der Waals surface area (Å²) < 4.78 is 23.8. The van der Waals surface area contributed by atoms with Crippen molar-refractivity contribution in [3.63, 3.8) is 0 Å². The monoisotopic (exact) mass is 351 g/mol. The number of aryl methyl sites for hydroxylation is 1. The van der Waals surface area contributed by atoms with Crippen molar-refractivity contribution in [2.75, 3.05) is 19.0 Å². The molecule has 0 aliphatic heterocycles. The summed E-state index contributed by atoms with van der Waals surface area (Å²) in [6.07, 6.45) is 0.838. The van der Waals surface area contributed by atoms with Crippen molar-refractivity contribution >= 4 is 23.2 Å². The smallest absolute Gasteiger partial charge is 0.224 e. The molecule has 0 heterocycles. The van der Waals surface area contributed by atoms with E-state index in [0.29, 0.717) is 23.7 Å². The van der Waals surface area contributed by atoms with Crippen LogP contribution in [0.1, 0.15) is 18.4 Å². The van der Waals surface area contributed by atoms with Gasteiger partial charge in [0.05, 0.1) is 19.4 Å². The lowest BCUT2D eigenvalue weighted by Gasteiger charge is -2.11. The van der Waals surface area contributed by atoms with Gasteiger partial charge in [-0.3, -0.25) is 4.79 Å². The lowest BCUT2D eigenvalue weighted by molar-refractivity contribution is -0.116. The van der Waals surface area contributed by atoms with Crippen LogP contribution in [0.3, 0.4) is 0 Å². The Labute approximate surface area is 145 Å². The minimum atomic E-state index is -0.420. The Hall–Kier alpha value is -2.27. The van der Waals surface area contributed by atoms with Crippen LogP contribution in [0.2, 0.25) is 5.02 Å². The first kappa shape index (κ1) is 18.1. The summed E-state index contributed by atoms with van der Waals surface area (Å²) in [7, 11) is 1.42. The minimum absolute atomic E-state index is 0.184. The van der Waals surface area contributed by atoms with Crippen LogP contribution < -0.4 is 14.8 Å². The van der Waals surface area contributed by atoms with E-state index in [1.54, 1.807) is 12.1 Å². The van der Waals surface area contributed by atoms with E-state index in [0.717, 1.165) is 11.3 Å². The van der Waals surface area contributed by atoms with E-state index < -0.39 is 5.82 Å². The lowest BCUT2D eigenvalue weighted by atomic mass is 10.2. The summed E-state index contributed by atoms with van der Waals surface area (Å²) in [4.78, 5) is 12.0. The van der Waals surface area contributed by atoms with E-state index in [9.17, 15) is 9.18 Å². The first-order valence-corrected chi connectivity index (χ1v) is 7.89. The van der Waals surface area contributed by atoms with Gasteiger partial charge in [0.25, 0.3) is 0 Å². The van der Waals surface area contributed by atoms with Crippen LogP contribution in [-0.2, 0) is 4.79 Å². The Morgan fingerprint density at radius 3 is 2.71 bits per heavy atom. The van der Waals surface area contributed by atoms with Crippen molar-refractivity contribution in [2.24, 2.45) is 0 Å². The molecule has 0 spiro atoms. The normalized spacial score (nSPS) is 10.3. The third-order valence-corrected chi connectivity index (χ3v) is 3.62. The Bertz CT molecular complexity index is 721. The molecule has 0 saturated carbocycles. The number of hydrogen-bond donors (Lipinski definition) is 1. The van der Waals surface area contributed by atoms with Gasteiger partial charge in [-0.15, -0.1) is 0 Å². The molecule has 24 heavy (non-hydrogen) atoms. The maximum absolute atomic E-state index is 13.1. The van der Waals surface area contributed by atoms with E-state index in [-0.39, 0.29) is 18.1 Å². The number of halogens is 2. The van der Waals surface area contributed by atoms with Gasteiger partial charge in [0.15, 0.2) is 0 Å². The maximum Gasteiger partial charge on any atom is 0.224 e. The van der Waals surface area contributed by atoms with Gasteiger partial charge in [0.2, 0.25) is 5.91 Å². The quantitative estimate of drug-likeness (QED) is 0.742. The maximum atomic E-state index is 13.1. The average molecular weight is 352 g/mol. The molecule has 2 aromatic carbocycles. The topological polar surface area (TPSA) is 47.6 Å². The predicted molar refractivity (Wildman–Crippen MR) is 92.5 cm³/mol. The molecule has 0 unspecified atom stereocenters. The number of ether oxygens (including phenoxy) is 2. The van der Waals surface area contributed by atoms with Crippen molar-refractivity contribution in [2.45, 2.75) is 19.8 Å². The average Bonchev–Trinajstić information content (AvgIpc) is 2.54. The number of hydrogen-bond acceptors (Lipinski definition) is 3. The second-order valence-corrected chi connectivity index (χ2v) is 5.69. The van der Waals surface area contributed by atoms with Gasteiger partial charge >= 0.3 is 0 Å². The molecule has 6 heteroatoms. The van der Waals surface area contributed by atoms with Gasteiger partial charge in [0, 0.05) is 17.5 Å². The number of benzene rings is 2. The first-order valence-electron chi connectivity index (χ1n) is 7.52. The number of rotatable bonds is 7. The molecule has 4 nitrogen and oxygen atoms in total. The molecule has 0 bridgehead atoms. The lowest BCUT2D eigenvalue weighted by Crippen LogP contribution is -2.13. The molecule has 1 N–H and O–H groups in total. The third kappa shape index (κ3) is 5.13. The Balaban J connectivity index is 1.79. The van der Waals surface area contributed by atoms with Crippen molar-refractivity contribution < 1.29 is 18.7 Å². The highest BCUT2D eigenvalue weighted by molar-refractivity contribution is 6.30. The molecular weight excluding hydrogens is 333 g/mol. The largest absolute Gasteiger partial charge is 0.494 e. The standard InChI is InChI=1S/C18H19ClFNO3/c1-12-10-13(19)5-8-16(12)24-9-3-4-18(22)21-15-7-6-14(20)11-17(15)23-2/h5-8,10-11H,3-4,9H2,1-2H3,(H,21,22). The van der Waals surface area contributed by atoms with Gasteiger partial charge in [-0.05, 0) is 49.2 Å². The molecular formula is C18H19ClFNO3. The summed E-state index contributed by atoms with van der Waals surface area (Å²) in [6, 6.07) is 9.36. The molecule has 0 radical (unpaired) electrons. The summed E-state index contributed by atoms with van der Waals surface area (Å²) in [5.74, 6) is 0.435. The van der Waals surface area contributed by atoms with E-state index in [4.69, 9.17) is 21.1 Å². The number of methoxy groups -OCH3 is 1. The van der Waals surface area contributed by atoms with Crippen LogP contribution in [0.25, 0.3) is 0 Å².